The van der Waals surface area contributed by atoms with Gasteiger partial charge in [-0.3, -0.25) is 4.79 Å². The Morgan fingerprint density at radius 1 is 0.913 bits per heavy atom. The standard InChI is InChI=1S/C19H30O4/c1-10(2)13-7-14(11(3)4)18(15(8-13)12(5)6)19(23)16(20)9-17(21)22/h7-8,10-12,16,19-20,23H,9H2,1-6H3,(H,21,22). The molecule has 130 valence electrons. The highest BCUT2D eigenvalue weighted by Crippen LogP contribution is 2.37. The summed E-state index contributed by atoms with van der Waals surface area (Å²) in [5, 5.41) is 29.6. The smallest absolute Gasteiger partial charge is 0.306 e. The van der Waals surface area contributed by atoms with Gasteiger partial charge in [0.2, 0.25) is 0 Å². The van der Waals surface area contributed by atoms with Crippen molar-refractivity contribution in [3.8, 4) is 0 Å². The second-order valence-electron chi connectivity index (χ2n) is 7.19. The fourth-order valence-corrected chi connectivity index (χ4v) is 2.84. The lowest BCUT2D eigenvalue weighted by Gasteiger charge is -2.28. The molecule has 23 heavy (non-hydrogen) atoms. The summed E-state index contributed by atoms with van der Waals surface area (Å²) in [6, 6.07) is 4.15. The third-order valence-electron chi connectivity index (χ3n) is 4.22. The maximum atomic E-state index is 10.9. The number of aliphatic hydroxyl groups excluding tert-OH is 2. The van der Waals surface area contributed by atoms with E-state index in [2.05, 4.69) is 26.0 Å². The van der Waals surface area contributed by atoms with E-state index in [9.17, 15) is 15.0 Å². The molecule has 1 aromatic carbocycles. The van der Waals surface area contributed by atoms with Crippen molar-refractivity contribution in [3.05, 3.63) is 34.4 Å². The first-order chi connectivity index (χ1) is 10.6. The van der Waals surface area contributed by atoms with Crippen molar-refractivity contribution in [2.75, 3.05) is 0 Å². The maximum Gasteiger partial charge on any atom is 0.306 e. The third-order valence-corrected chi connectivity index (χ3v) is 4.22. The molecule has 0 saturated carbocycles. The van der Waals surface area contributed by atoms with Crippen LogP contribution in [0.25, 0.3) is 0 Å². The Morgan fingerprint density at radius 3 is 1.65 bits per heavy atom. The number of carboxylic acid groups (broad SMARTS) is 1. The van der Waals surface area contributed by atoms with E-state index in [-0.39, 0.29) is 11.8 Å². The summed E-state index contributed by atoms with van der Waals surface area (Å²) >= 11 is 0. The minimum Gasteiger partial charge on any atom is -0.481 e. The molecule has 0 saturated heterocycles. The number of rotatable bonds is 7. The van der Waals surface area contributed by atoms with Crippen LogP contribution in [-0.2, 0) is 4.79 Å². The number of hydrogen-bond donors (Lipinski definition) is 3. The van der Waals surface area contributed by atoms with Crippen LogP contribution in [0.4, 0.5) is 0 Å². The molecule has 3 N–H and O–H groups in total. The fraction of sp³-hybridized carbons (Fsp3) is 0.632. The van der Waals surface area contributed by atoms with Crippen LogP contribution in [0.5, 0.6) is 0 Å². The van der Waals surface area contributed by atoms with Crippen LogP contribution in [0.2, 0.25) is 0 Å². The molecule has 0 aliphatic heterocycles. The summed E-state index contributed by atoms with van der Waals surface area (Å²) in [5.41, 5.74) is 3.85. The van der Waals surface area contributed by atoms with Crippen LogP contribution in [-0.4, -0.2) is 27.4 Å². The molecule has 0 fully saturated rings. The van der Waals surface area contributed by atoms with E-state index in [1.165, 1.54) is 5.56 Å². The maximum absolute atomic E-state index is 10.9. The zero-order valence-corrected chi connectivity index (χ0v) is 15.0. The Hall–Kier alpha value is -1.39. The molecular formula is C19H30O4. The number of aliphatic carboxylic acids is 1. The monoisotopic (exact) mass is 322 g/mol. The molecule has 0 aromatic heterocycles. The first-order valence-corrected chi connectivity index (χ1v) is 8.31. The molecule has 4 heteroatoms. The lowest BCUT2D eigenvalue weighted by Crippen LogP contribution is -2.24. The summed E-state index contributed by atoms with van der Waals surface area (Å²) < 4.78 is 0. The zero-order chi connectivity index (χ0) is 17.9. The van der Waals surface area contributed by atoms with Gasteiger partial charge in [-0.25, -0.2) is 0 Å². The van der Waals surface area contributed by atoms with Crippen molar-refractivity contribution in [3.63, 3.8) is 0 Å². The second kappa shape index (κ2) is 7.93. The minimum atomic E-state index is -1.31. The van der Waals surface area contributed by atoms with Crippen LogP contribution >= 0.6 is 0 Å². The van der Waals surface area contributed by atoms with Crippen molar-refractivity contribution >= 4 is 5.97 Å². The molecule has 1 aromatic rings. The van der Waals surface area contributed by atoms with Crippen LogP contribution in [0.1, 0.15) is 94.1 Å². The molecule has 0 spiro atoms. The van der Waals surface area contributed by atoms with Gasteiger partial charge >= 0.3 is 5.97 Å². The molecule has 2 atom stereocenters. The van der Waals surface area contributed by atoms with Gasteiger partial charge < -0.3 is 15.3 Å². The summed E-state index contributed by atoms with van der Waals surface area (Å²) in [7, 11) is 0. The first kappa shape index (κ1) is 19.7. The molecule has 0 amide bonds. The molecule has 1 rings (SSSR count). The van der Waals surface area contributed by atoms with E-state index in [1.54, 1.807) is 0 Å². The van der Waals surface area contributed by atoms with E-state index in [1.807, 2.05) is 27.7 Å². The number of carboxylic acids is 1. The molecule has 0 aliphatic carbocycles. The average molecular weight is 322 g/mol. The van der Waals surface area contributed by atoms with Gasteiger partial charge in [-0.05, 0) is 40.0 Å². The van der Waals surface area contributed by atoms with Crippen LogP contribution in [0.3, 0.4) is 0 Å². The molecule has 0 heterocycles. The van der Waals surface area contributed by atoms with Crippen LogP contribution in [0, 0.1) is 0 Å². The molecular weight excluding hydrogens is 292 g/mol. The van der Waals surface area contributed by atoms with Crippen molar-refractivity contribution < 1.29 is 20.1 Å². The predicted molar refractivity (Wildman–Crippen MR) is 91.9 cm³/mol. The summed E-state index contributed by atoms with van der Waals surface area (Å²) in [6.45, 7) is 12.4. The van der Waals surface area contributed by atoms with Gasteiger partial charge in [0.1, 0.15) is 6.10 Å². The molecule has 0 radical (unpaired) electrons. The Bertz CT molecular complexity index is 517. The topological polar surface area (TPSA) is 77.8 Å². The van der Waals surface area contributed by atoms with Gasteiger partial charge in [-0.1, -0.05) is 53.7 Å². The first-order valence-electron chi connectivity index (χ1n) is 8.31. The van der Waals surface area contributed by atoms with Crippen molar-refractivity contribution in [1.29, 1.82) is 0 Å². The van der Waals surface area contributed by atoms with Gasteiger partial charge in [-0.2, -0.15) is 0 Å². The molecule has 0 aliphatic rings. The summed E-state index contributed by atoms with van der Waals surface area (Å²) in [6.07, 6.45) is -2.98. The Kier molecular flexibility index (Phi) is 6.78. The highest BCUT2D eigenvalue weighted by molar-refractivity contribution is 5.67. The Balaban J connectivity index is 3.51. The highest BCUT2D eigenvalue weighted by atomic mass is 16.4. The van der Waals surface area contributed by atoms with Gasteiger partial charge in [0, 0.05) is 0 Å². The number of carbonyl (C=O) groups is 1. The van der Waals surface area contributed by atoms with Gasteiger partial charge in [0.15, 0.2) is 0 Å². The number of hydrogen-bond acceptors (Lipinski definition) is 3. The van der Waals surface area contributed by atoms with Crippen molar-refractivity contribution in [2.45, 2.75) is 77.9 Å². The Morgan fingerprint density at radius 2 is 1.35 bits per heavy atom. The summed E-state index contributed by atoms with van der Waals surface area (Å²) in [4.78, 5) is 10.9. The fourth-order valence-electron chi connectivity index (χ4n) is 2.84. The third kappa shape index (κ3) is 4.79. The lowest BCUT2D eigenvalue weighted by molar-refractivity contribution is -0.141. The number of benzene rings is 1. The van der Waals surface area contributed by atoms with E-state index in [4.69, 9.17) is 5.11 Å². The van der Waals surface area contributed by atoms with E-state index in [0.717, 1.165) is 11.1 Å². The second-order valence-corrected chi connectivity index (χ2v) is 7.19. The van der Waals surface area contributed by atoms with E-state index in [0.29, 0.717) is 11.5 Å². The quantitative estimate of drug-likeness (QED) is 0.711. The van der Waals surface area contributed by atoms with E-state index < -0.39 is 24.6 Å². The zero-order valence-electron chi connectivity index (χ0n) is 15.0. The van der Waals surface area contributed by atoms with Crippen LogP contribution < -0.4 is 0 Å². The van der Waals surface area contributed by atoms with Gasteiger partial charge in [0.25, 0.3) is 0 Å². The average Bonchev–Trinajstić information content (AvgIpc) is 2.43. The lowest BCUT2D eigenvalue weighted by atomic mass is 9.81. The van der Waals surface area contributed by atoms with Crippen molar-refractivity contribution in [1.82, 2.24) is 0 Å². The van der Waals surface area contributed by atoms with Crippen molar-refractivity contribution in [2.24, 2.45) is 0 Å². The Labute approximate surface area is 139 Å². The van der Waals surface area contributed by atoms with Gasteiger partial charge in [0.05, 0.1) is 12.5 Å². The van der Waals surface area contributed by atoms with Gasteiger partial charge in [-0.15, -0.1) is 0 Å². The minimum absolute atomic E-state index is 0.174. The molecule has 4 nitrogen and oxygen atoms in total. The highest BCUT2D eigenvalue weighted by Gasteiger charge is 2.28. The largest absolute Gasteiger partial charge is 0.481 e. The number of aliphatic hydroxyl groups is 2. The SMILES string of the molecule is CC(C)c1cc(C(C)C)c(C(O)C(O)CC(=O)O)c(C(C)C)c1. The normalized spacial score (nSPS) is 14.6. The molecule has 0 bridgehead atoms. The molecule has 2 unspecified atom stereocenters. The van der Waals surface area contributed by atoms with E-state index >= 15 is 0 Å². The summed E-state index contributed by atoms with van der Waals surface area (Å²) in [5.74, 6) is -0.409. The predicted octanol–water partition coefficient (Wildman–Crippen LogP) is 3.93. The van der Waals surface area contributed by atoms with Crippen LogP contribution in [0.15, 0.2) is 12.1 Å².